The summed E-state index contributed by atoms with van der Waals surface area (Å²) in [6.07, 6.45) is 3.13. The fourth-order valence-corrected chi connectivity index (χ4v) is 2.29. The van der Waals surface area contributed by atoms with E-state index in [4.69, 9.17) is 11.5 Å². The van der Waals surface area contributed by atoms with Crippen LogP contribution < -0.4 is 11.5 Å². The average molecular weight is 324 g/mol. The molecule has 0 unspecified atom stereocenters. The summed E-state index contributed by atoms with van der Waals surface area (Å²) < 4.78 is 25.4. The molecule has 4 rings (SSSR count). The molecule has 120 valence electrons. The summed E-state index contributed by atoms with van der Waals surface area (Å²) in [6.45, 7) is 0. The Labute approximate surface area is 136 Å². The van der Waals surface area contributed by atoms with Crippen LogP contribution in [0.1, 0.15) is 0 Å². The number of nitrogens with two attached hydrogens (primary N) is 2. The number of fused-ring (bicyclic) bond motifs is 2. The molecule has 0 aliphatic heterocycles. The summed E-state index contributed by atoms with van der Waals surface area (Å²) in [4.78, 5) is 7.97. The van der Waals surface area contributed by atoms with Crippen LogP contribution in [0.25, 0.3) is 21.8 Å². The van der Waals surface area contributed by atoms with Crippen molar-refractivity contribution in [3.63, 3.8) is 0 Å². The number of anilines is 2. The smallest absolute Gasteiger partial charge is 0.125 e. The molecule has 4 nitrogen and oxygen atoms in total. The van der Waals surface area contributed by atoms with Crippen molar-refractivity contribution in [2.75, 3.05) is 11.5 Å². The van der Waals surface area contributed by atoms with Crippen LogP contribution in [0.5, 0.6) is 0 Å². The first-order chi connectivity index (χ1) is 11.5. The van der Waals surface area contributed by atoms with Crippen LogP contribution in [-0.4, -0.2) is 9.97 Å². The van der Waals surface area contributed by atoms with Gasteiger partial charge in [-0.15, -0.1) is 0 Å². The minimum absolute atomic E-state index is 0.291. The number of benzene rings is 2. The Morgan fingerprint density at radius 2 is 1.04 bits per heavy atom. The largest absolute Gasteiger partial charge is 0.398 e. The molecule has 0 radical (unpaired) electrons. The molecule has 4 N–H and O–H groups in total. The normalized spacial score (nSPS) is 10.4. The molecule has 0 amide bonds. The standard InChI is InChI=1S/2C9H7FN2/c2*10-6-1-2-7-8(11)3-4-12-9(7)5-6/h2*1-5H,(H2,11,12). The van der Waals surface area contributed by atoms with Crippen molar-refractivity contribution in [3.8, 4) is 0 Å². The summed E-state index contributed by atoms with van der Waals surface area (Å²) in [5.41, 5.74) is 13.7. The molecular formula is C18H14F2N4. The highest BCUT2D eigenvalue weighted by Crippen LogP contribution is 2.19. The SMILES string of the molecule is Nc1ccnc2cc(F)ccc12.Nc1ccnc2cc(F)ccc12. The molecule has 0 spiro atoms. The highest BCUT2D eigenvalue weighted by atomic mass is 19.1. The third kappa shape index (κ3) is 3.22. The summed E-state index contributed by atoms with van der Waals surface area (Å²) in [5.74, 6) is -0.582. The zero-order valence-electron chi connectivity index (χ0n) is 12.6. The number of aromatic nitrogens is 2. The van der Waals surface area contributed by atoms with Gasteiger partial charge in [-0.25, -0.2) is 8.78 Å². The fourth-order valence-electron chi connectivity index (χ4n) is 2.29. The lowest BCUT2D eigenvalue weighted by molar-refractivity contribution is 0.629. The van der Waals surface area contributed by atoms with Crippen LogP contribution in [0.4, 0.5) is 20.2 Å². The van der Waals surface area contributed by atoms with Crippen molar-refractivity contribution >= 4 is 33.2 Å². The van der Waals surface area contributed by atoms with Gasteiger partial charge in [-0.1, -0.05) is 0 Å². The van der Waals surface area contributed by atoms with Gasteiger partial charge in [0.1, 0.15) is 11.6 Å². The molecule has 0 aliphatic carbocycles. The Balaban J connectivity index is 0.000000141. The van der Waals surface area contributed by atoms with E-state index in [2.05, 4.69) is 9.97 Å². The van der Waals surface area contributed by atoms with Crippen LogP contribution in [-0.2, 0) is 0 Å². The Bertz CT molecular complexity index is 935. The Kier molecular flexibility index (Phi) is 4.20. The van der Waals surface area contributed by atoms with Crippen molar-refractivity contribution < 1.29 is 8.78 Å². The van der Waals surface area contributed by atoms with E-state index in [9.17, 15) is 8.78 Å². The Hall–Kier alpha value is -3.28. The van der Waals surface area contributed by atoms with Crippen LogP contribution in [0.3, 0.4) is 0 Å². The van der Waals surface area contributed by atoms with Gasteiger partial charge in [0, 0.05) is 46.7 Å². The van der Waals surface area contributed by atoms with E-state index in [1.807, 2.05) is 0 Å². The lowest BCUT2D eigenvalue weighted by Gasteiger charge is -1.99. The van der Waals surface area contributed by atoms with E-state index in [1.54, 1.807) is 36.7 Å². The van der Waals surface area contributed by atoms with Gasteiger partial charge in [-0.05, 0) is 36.4 Å². The zero-order chi connectivity index (χ0) is 17.1. The van der Waals surface area contributed by atoms with Crippen LogP contribution >= 0.6 is 0 Å². The van der Waals surface area contributed by atoms with Gasteiger partial charge in [0.05, 0.1) is 11.0 Å². The van der Waals surface area contributed by atoms with Crippen molar-refractivity contribution in [1.82, 2.24) is 9.97 Å². The lowest BCUT2D eigenvalue weighted by Crippen LogP contribution is -1.88. The molecule has 0 atom stereocenters. The van der Waals surface area contributed by atoms with Crippen LogP contribution in [0.15, 0.2) is 60.9 Å². The minimum Gasteiger partial charge on any atom is -0.398 e. The first kappa shape index (κ1) is 15.6. The maximum absolute atomic E-state index is 12.7. The molecule has 2 aromatic carbocycles. The van der Waals surface area contributed by atoms with Crippen molar-refractivity contribution in [2.24, 2.45) is 0 Å². The number of rotatable bonds is 0. The predicted molar refractivity (Wildman–Crippen MR) is 92.2 cm³/mol. The maximum Gasteiger partial charge on any atom is 0.125 e. The molecular weight excluding hydrogens is 310 g/mol. The molecule has 0 saturated heterocycles. The predicted octanol–water partition coefficient (Wildman–Crippen LogP) is 3.91. The van der Waals surface area contributed by atoms with Gasteiger partial charge < -0.3 is 11.5 Å². The van der Waals surface area contributed by atoms with Gasteiger partial charge in [0.25, 0.3) is 0 Å². The number of halogens is 2. The highest BCUT2D eigenvalue weighted by Gasteiger charge is 1.99. The van der Waals surface area contributed by atoms with Crippen LogP contribution in [0, 0.1) is 11.6 Å². The summed E-state index contributed by atoms with van der Waals surface area (Å²) in [7, 11) is 0. The molecule has 2 heterocycles. The second-order valence-electron chi connectivity index (χ2n) is 5.12. The number of nitrogens with zero attached hydrogens (tertiary/aromatic N) is 2. The highest BCUT2D eigenvalue weighted by molar-refractivity contribution is 5.90. The van der Waals surface area contributed by atoms with Gasteiger partial charge >= 0.3 is 0 Å². The monoisotopic (exact) mass is 324 g/mol. The number of pyridine rings is 2. The second kappa shape index (κ2) is 6.45. The third-order valence-corrected chi connectivity index (χ3v) is 3.48. The molecule has 6 heteroatoms. The van der Waals surface area contributed by atoms with Gasteiger partial charge in [-0.3, -0.25) is 9.97 Å². The molecule has 0 saturated carbocycles. The van der Waals surface area contributed by atoms with Crippen molar-refractivity contribution in [2.45, 2.75) is 0 Å². The number of hydrogen-bond donors (Lipinski definition) is 2. The van der Waals surface area contributed by atoms with E-state index in [1.165, 1.54) is 24.3 Å². The van der Waals surface area contributed by atoms with E-state index in [-0.39, 0.29) is 11.6 Å². The number of hydrogen-bond acceptors (Lipinski definition) is 4. The van der Waals surface area contributed by atoms with Crippen molar-refractivity contribution in [1.29, 1.82) is 0 Å². The Morgan fingerprint density at radius 1 is 0.625 bits per heavy atom. The molecule has 0 fully saturated rings. The first-order valence-electron chi connectivity index (χ1n) is 7.14. The molecule has 4 aromatic rings. The molecule has 24 heavy (non-hydrogen) atoms. The second-order valence-corrected chi connectivity index (χ2v) is 5.12. The Morgan fingerprint density at radius 3 is 1.46 bits per heavy atom. The maximum atomic E-state index is 12.7. The van der Waals surface area contributed by atoms with Crippen molar-refractivity contribution in [3.05, 3.63) is 72.6 Å². The van der Waals surface area contributed by atoms with E-state index >= 15 is 0 Å². The first-order valence-corrected chi connectivity index (χ1v) is 7.14. The zero-order valence-corrected chi connectivity index (χ0v) is 12.6. The number of nitrogen functional groups attached to an aromatic ring is 2. The van der Waals surface area contributed by atoms with Crippen LogP contribution in [0.2, 0.25) is 0 Å². The molecule has 0 bridgehead atoms. The summed E-state index contributed by atoms with van der Waals surface area (Å²) in [5, 5.41) is 1.58. The van der Waals surface area contributed by atoms with E-state index < -0.39 is 0 Å². The average Bonchev–Trinajstić information content (AvgIpc) is 2.55. The van der Waals surface area contributed by atoms with E-state index in [0.29, 0.717) is 22.4 Å². The topological polar surface area (TPSA) is 77.8 Å². The molecule has 0 aliphatic rings. The fraction of sp³-hybridized carbons (Fsp3) is 0. The van der Waals surface area contributed by atoms with Gasteiger partial charge in [0.15, 0.2) is 0 Å². The minimum atomic E-state index is -0.291. The van der Waals surface area contributed by atoms with E-state index in [0.717, 1.165) is 10.8 Å². The quantitative estimate of drug-likeness (QED) is 0.514. The summed E-state index contributed by atoms with van der Waals surface area (Å²) >= 11 is 0. The molecule has 2 aromatic heterocycles. The lowest BCUT2D eigenvalue weighted by atomic mass is 10.2. The third-order valence-electron chi connectivity index (χ3n) is 3.48. The summed E-state index contributed by atoms with van der Waals surface area (Å²) in [6, 6.07) is 12.1. The van der Waals surface area contributed by atoms with Gasteiger partial charge in [-0.2, -0.15) is 0 Å². The van der Waals surface area contributed by atoms with Gasteiger partial charge in [0.2, 0.25) is 0 Å².